The zero-order valence-corrected chi connectivity index (χ0v) is 10.2. The van der Waals surface area contributed by atoms with Crippen LogP contribution in [0.5, 0.6) is 5.75 Å². The Balaban J connectivity index is 1.90. The first kappa shape index (κ1) is 11.3. The number of fused-ring (bicyclic) bond motifs is 1. The van der Waals surface area contributed by atoms with Gasteiger partial charge in [-0.3, -0.25) is 0 Å². The first-order valence-electron chi connectivity index (χ1n) is 6.18. The summed E-state index contributed by atoms with van der Waals surface area (Å²) in [5.74, 6) is 1.82. The molecule has 2 rings (SSSR count). The van der Waals surface area contributed by atoms with Crippen molar-refractivity contribution in [2.24, 2.45) is 5.92 Å². The molecule has 0 unspecified atom stereocenters. The lowest BCUT2D eigenvalue weighted by Gasteiger charge is -2.10. The van der Waals surface area contributed by atoms with Gasteiger partial charge in [0.15, 0.2) is 0 Å². The fourth-order valence-electron chi connectivity index (χ4n) is 2.06. The number of benzene rings is 1. The Morgan fingerprint density at radius 3 is 3.00 bits per heavy atom. The lowest BCUT2D eigenvalue weighted by molar-refractivity contribution is 0.297. The van der Waals surface area contributed by atoms with Gasteiger partial charge in [0.25, 0.3) is 0 Å². The van der Waals surface area contributed by atoms with Gasteiger partial charge in [0.2, 0.25) is 0 Å². The highest BCUT2D eigenvalue weighted by Gasteiger charge is 2.09. The molecule has 0 heterocycles. The van der Waals surface area contributed by atoms with Gasteiger partial charge < -0.3 is 4.74 Å². The van der Waals surface area contributed by atoms with Crippen LogP contribution in [0.2, 0.25) is 0 Å². The Morgan fingerprint density at radius 1 is 1.31 bits per heavy atom. The average molecular weight is 216 g/mol. The molecule has 0 aliphatic heterocycles. The summed E-state index contributed by atoms with van der Waals surface area (Å²) in [6.07, 6.45) is 7.81. The van der Waals surface area contributed by atoms with Gasteiger partial charge in [-0.05, 0) is 36.8 Å². The summed E-state index contributed by atoms with van der Waals surface area (Å²) in [5.41, 5.74) is 2.67. The van der Waals surface area contributed by atoms with Crippen molar-refractivity contribution in [3.8, 4) is 5.75 Å². The lowest BCUT2D eigenvalue weighted by Crippen LogP contribution is -2.01. The van der Waals surface area contributed by atoms with Crippen molar-refractivity contribution in [3.05, 3.63) is 35.4 Å². The average Bonchev–Trinajstić information content (AvgIpc) is 2.72. The van der Waals surface area contributed by atoms with Crippen LogP contribution in [0, 0.1) is 5.92 Å². The minimum absolute atomic E-state index is 0.769. The zero-order valence-electron chi connectivity index (χ0n) is 10.2. The predicted molar refractivity (Wildman–Crippen MR) is 68.7 cm³/mol. The maximum atomic E-state index is 5.85. The Kier molecular flexibility index (Phi) is 3.66. The third-order valence-electron chi connectivity index (χ3n) is 2.96. The van der Waals surface area contributed by atoms with Crippen molar-refractivity contribution in [3.63, 3.8) is 0 Å². The van der Waals surface area contributed by atoms with E-state index in [2.05, 4.69) is 44.2 Å². The highest BCUT2D eigenvalue weighted by molar-refractivity contribution is 5.65. The molecule has 1 aromatic carbocycles. The van der Waals surface area contributed by atoms with Crippen molar-refractivity contribution in [1.29, 1.82) is 0 Å². The van der Waals surface area contributed by atoms with E-state index in [1.54, 1.807) is 0 Å². The van der Waals surface area contributed by atoms with Crippen LogP contribution in [0.1, 0.15) is 37.8 Å². The van der Waals surface area contributed by atoms with Crippen LogP contribution in [0.15, 0.2) is 24.3 Å². The van der Waals surface area contributed by atoms with E-state index in [9.17, 15) is 0 Å². The molecule has 1 aromatic rings. The Bertz CT molecular complexity index is 377. The molecule has 0 spiro atoms. The monoisotopic (exact) mass is 216 g/mol. The van der Waals surface area contributed by atoms with Crippen LogP contribution < -0.4 is 4.74 Å². The maximum Gasteiger partial charge on any atom is 0.126 e. The second-order valence-electron chi connectivity index (χ2n) is 4.82. The first-order chi connectivity index (χ1) is 7.77. The van der Waals surface area contributed by atoms with Crippen molar-refractivity contribution < 1.29 is 4.74 Å². The van der Waals surface area contributed by atoms with E-state index in [0.717, 1.165) is 31.1 Å². The Morgan fingerprint density at radius 2 is 2.19 bits per heavy atom. The summed E-state index contributed by atoms with van der Waals surface area (Å²) in [4.78, 5) is 0. The van der Waals surface area contributed by atoms with Gasteiger partial charge in [-0.1, -0.05) is 38.1 Å². The fraction of sp³-hybridized carbons (Fsp3) is 0.467. The van der Waals surface area contributed by atoms with Gasteiger partial charge >= 0.3 is 0 Å². The van der Waals surface area contributed by atoms with Crippen LogP contribution in [0.25, 0.3) is 6.08 Å². The summed E-state index contributed by atoms with van der Waals surface area (Å²) < 4.78 is 5.85. The molecule has 1 aliphatic carbocycles. The van der Waals surface area contributed by atoms with Crippen molar-refractivity contribution >= 4 is 6.08 Å². The number of ether oxygens (including phenoxy) is 1. The zero-order chi connectivity index (χ0) is 11.4. The van der Waals surface area contributed by atoms with Gasteiger partial charge in [0, 0.05) is 5.56 Å². The first-order valence-corrected chi connectivity index (χ1v) is 6.18. The molecule has 0 atom stereocenters. The lowest BCUT2D eigenvalue weighted by atomic mass is 10.1. The molecule has 0 radical (unpaired) electrons. The molecule has 1 heteroatoms. The standard InChI is InChI=1S/C15H20O/c1-12(2)6-5-11-16-15-10-4-8-13-7-3-9-14(13)15/h3-4,8-10,12H,5-7,11H2,1-2H3. The van der Waals surface area contributed by atoms with Crippen LogP contribution >= 0.6 is 0 Å². The highest BCUT2D eigenvalue weighted by atomic mass is 16.5. The highest BCUT2D eigenvalue weighted by Crippen LogP contribution is 2.29. The molecule has 0 saturated heterocycles. The van der Waals surface area contributed by atoms with E-state index < -0.39 is 0 Å². The largest absolute Gasteiger partial charge is 0.493 e. The third kappa shape index (κ3) is 2.66. The second kappa shape index (κ2) is 5.20. The Labute approximate surface area is 98.1 Å². The van der Waals surface area contributed by atoms with E-state index in [1.807, 2.05) is 0 Å². The second-order valence-corrected chi connectivity index (χ2v) is 4.82. The van der Waals surface area contributed by atoms with E-state index >= 15 is 0 Å². The van der Waals surface area contributed by atoms with Crippen LogP contribution in [-0.2, 0) is 6.42 Å². The Hall–Kier alpha value is -1.24. The van der Waals surface area contributed by atoms with Gasteiger partial charge in [-0.15, -0.1) is 0 Å². The smallest absolute Gasteiger partial charge is 0.126 e. The molecule has 16 heavy (non-hydrogen) atoms. The normalized spacial score (nSPS) is 13.2. The van der Waals surface area contributed by atoms with Gasteiger partial charge in [-0.2, -0.15) is 0 Å². The molecule has 1 aliphatic rings. The molecule has 0 bridgehead atoms. The van der Waals surface area contributed by atoms with Gasteiger partial charge in [0.1, 0.15) is 5.75 Å². The molecule has 0 saturated carbocycles. The van der Waals surface area contributed by atoms with E-state index in [0.29, 0.717) is 0 Å². The van der Waals surface area contributed by atoms with Crippen LogP contribution in [0.4, 0.5) is 0 Å². The molecule has 0 fully saturated rings. The quantitative estimate of drug-likeness (QED) is 0.674. The molecule has 0 N–H and O–H groups in total. The summed E-state index contributed by atoms with van der Waals surface area (Å²) in [7, 11) is 0. The van der Waals surface area contributed by atoms with E-state index in [-0.39, 0.29) is 0 Å². The van der Waals surface area contributed by atoms with E-state index in [4.69, 9.17) is 4.74 Å². The maximum absolute atomic E-state index is 5.85. The predicted octanol–water partition coefficient (Wildman–Crippen LogP) is 4.07. The van der Waals surface area contributed by atoms with Crippen molar-refractivity contribution in [1.82, 2.24) is 0 Å². The minimum Gasteiger partial charge on any atom is -0.493 e. The molecule has 1 nitrogen and oxygen atoms in total. The molecule has 86 valence electrons. The summed E-state index contributed by atoms with van der Waals surface area (Å²) in [5, 5.41) is 0. The summed E-state index contributed by atoms with van der Waals surface area (Å²) in [6, 6.07) is 6.34. The number of hydrogen-bond acceptors (Lipinski definition) is 1. The van der Waals surface area contributed by atoms with Crippen LogP contribution in [-0.4, -0.2) is 6.61 Å². The third-order valence-corrected chi connectivity index (χ3v) is 2.96. The SMILES string of the molecule is CC(C)CCCOc1cccc2c1C=CC2. The molecular weight excluding hydrogens is 196 g/mol. The molecule has 0 amide bonds. The number of allylic oxidation sites excluding steroid dienone is 1. The van der Waals surface area contributed by atoms with Crippen LogP contribution in [0.3, 0.4) is 0 Å². The van der Waals surface area contributed by atoms with Crippen molar-refractivity contribution in [2.45, 2.75) is 33.1 Å². The topological polar surface area (TPSA) is 9.23 Å². The summed E-state index contributed by atoms with van der Waals surface area (Å²) >= 11 is 0. The van der Waals surface area contributed by atoms with E-state index in [1.165, 1.54) is 17.5 Å². The summed E-state index contributed by atoms with van der Waals surface area (Å²) in [6.45, 7) is 5.34. The minimum atomic E-state index is 0.769. The van der Waals surface area contributed by atoms with Crippen molar-refractivity contribution in [2.75, 3.05) is 6.61 Å². The fourth-order valence-corrected chi connectivity index (χ4v) is 2.06. The number of rotatable bonds is 5. The van der Waals surface area contributed by atoms with Gasteiger partial charge in [-0.25, -0.2) is 0 Å². The van der Waals surface area contributed by atoms with Gasteiger partial charge in [0.05, 0.1) is 6.61 Å². The molecule has 0 aromatic heterocycles. The molecular formula is C15H20O. The number of hydrogen-bond donors (Lipinski definition) is 0.